The SMILES string of the molecule is O=C(Nc1cccc2ccccc12)c1cccn(Cc2ccccc2F)c1=O. The summed E-state index contributed by atoms with van der Waals surface area (Å²) in [6, 6.07) is 22.6. The third-order valence-corrected chi connectivity index (χ3v) is 4.60. The summed E-state index contributed by atoms with van der Waals surface area (Å²) in [7, 11) is 0. The van der Waals surface area contributed by atoms with E-state index < -0.39 is 11.5 Å². The second kappa shape index (κ2) is 7.48. The van der Waals surface area contributed by atoms with Crippen LogP contribution in [-0.2, 0) is 6.54 Å². The van der Waals surface area contributed by atoms with Crippen LogP contribution in [0.15, 0.2) is 89.9 Å². The molecule has 0 aliphatic heterocycles. The van der Waals surface area contributed by atoms with Crippen LogP contribution in [0.2, 0.25) is 0 Å². The first kappa shape index (κ1) is 17.7. The Labute approximate surface area is 160 Å². The van der Waals surface area contributed by atoms with Crippen LogP contribution in [0.25, 0.3) is 10.8 Å². The number of benzene rings is 3. The number of nitrogens with one attached hydrogen (secondary N) is 1. The monoisotopic (exact) mass is 372 g/mol. The summed E-state index contributed by atoms with van der Waals surface area (Å²) >= 11 is 0. The molecule has 4 nitrogen and oxygen atoms in total. The number of nitrogens with zero attached hydrogens (tertiary/aromatic N) is 1. The first-order valence-corrected chi connectivity index (χ1v) is 8.85. The highest BCUT2D eigenvalue weighted by molar-refractivity contribution is 6.08. The maximum Gasteiger partial charge on any atom is 0.263 e. The summed E-state index contributed by atoms with van der Waals surface area (Å²) in [5.74, 6) is -0.885. The van der Waals surface area contributed by atoms with Gasteiger partial charge in [0.25, 0.3) is 11.5 Å². The molecular weight excluding hydrogens is 355 g/mol. The lowest BCUT2D eigenvalue weighted by Gasteiger charge is -2.11. The van der Waals surface area contributed by atoms with Crippen molar-refractivity contribution in [2.45, 2.75) is 6.54 Å². The van der Waals surface area contributed by atoms with E-state index >= 15 is 0 Å². The standard InChI is InChI=1S/C23H17FN2O2/c24-20-12-4-2-8-17(20)15-26-14-6-11-19(23(26)28)22(27)25-21-13-5-9-16-7-1-3-10-18(16)21/h1-14H,15H2,(H,25,27). The molecule has 0 saturated carbocycles. The molecule has 4 aromatic rings. The van der Waals surface area contributed by atoms with Gasteiger partial charge in [-0.1, -0.05) is 54.6 Å². The predicted octanol–water partition coefficient (Wildman–Crippen LogP) is 4.44. The van der Waals surface area contributed by atoms with E-state index in [0.29, 0.717) is 11.3 Å². The Hall–Kier alpha value is -3.73. The van der Waals surface area contributed by atoms with E-state index in [1.807, 2.05) is 36.4 Å². The van der Waals surface area contributed by atoms with E-state index in [-0.39, 0.29) is 17.9 Å². The van der Waals surface area contributed by atoms with Crippen LogP contribution in [0.4, 0.5) is 10.1 Å². The minimum atomic E-state index is -0.496. The Kier molecular flexibility index (Phi) is 4.72. The number of halogens is 1. The van der Waals surface area contributed by atoms with Gasteiger partial charge in [0.1, 0.15) is 11.4 Å². The van der Waals surface area contributed by atoms with E-state index in [1.54, 1.807) is 36.5 Å². The Bertz CT molecular complexity index is 1230. The lowest BCUT2D eigenvalue weighted by molar-refractivity contribution is 0.102. The van der Waals surface area contributed by atoms with E-state index in [4.69, 9.17) is 0 Å². The summed E-state index contributed by atoms with van der Waals surface area (Å²) < 4.78 is 15.2. The number of amides is 1. The van der Waals surface area contributed by atoms with Crippen LogP contribution in [0, 0.1) is 5.82 Å². The molecule has 138 valence electrons. The zero-order valence-electron chi connectivity index (χ0n) is 14.9. The zero-order valence-corrected chi connectivity index (χ0v) is 14.9. The second-order valence-electron chi connectivity index (χ2n) is 6.43. The van der Waals surface area contributed by atoms with Gasteiger partial charge >= 0.3 is 0 Å². The van der Waals surface area contributed by atoms with Crippen molar-refractivity contribution in [1.82, 2.24) is 4.57 Å². The summed E-state index contributed by atoms with van der Waals surface area (Å²) in [4.78, 5) is 25.5. The number of rotatable bonds is 4. The average Bonchev–Trinajstić information content (AvgIpc) is 2.71. The highest BCUT2D eigenvalue weighted by Crippen LogP contribution is 2.23. The summed E-state index contributed by atoms with van der Waals surface area (Å²) in [5.41, 5.74) is 0.554. The van der Waals surface area contributed by atoms with E-state index in [0.717, 1.165) is 10.8 Å². The van der Waals surface area contributed by atoms with Crippen molar-refractivity contribution < 1.29 is 9.18 Å². The maximum atomic E-state index is 13.9. The third-order valence-electron chi connectivity index (χ3n) is 4.60. The van der Waals surface area contributed by atoms with Crippen molar-refractivity contribution >= 4 is 22.4 Å². The minimum Gasteiger partial charge on any atom is -0.321 e. The molecule has 3 aromatic carbocycles. The molecule has 0 unspecified atom stereocenters. The van der Waals surface area contributed by atoms with Gasteiger partial charge in [-0.2, -0.15) is 0 Å². The molecule has 0 fully saturated rings. The molecule has 1 aromatic heterocycles. The Morgan fingerprint density at radius 1 is 0.893 bits per heavy atom. The van der Waals surface area contributed by atoms with Gasteiger partial charge in [-0.25, -0.2) is 4.39 Å². The number of anilines is 1. The maximum absolute atomic E-state index is 13.9. The largest absolute Gasteiger partial charge is 0.321 e. The molecule has 1 heterocycles. The molecule has 0 aliphatic rings. The van der Waals surface area contributed by atoms with Gasteiger partial charge < -0.3 is 9.88 Å². The summed E-state index contributed by atoms with van der Waals surface area (Å²) in [6.45, 7) is 0.0564. The van der Waals surface area contributed by atoms with Crippen LogP contribution < -0.4 is 10.9 Å². The van der Waals surface area contributed by atoms with Gasteiger partial charge in [0, 0.05) is 22.8 Å². The van der Waals surface area contributed by atoms with Gasteiger partial charge in [-0.05, 0) is 29.7 Å². The van der Waals surface area contributed by atoms with Gasteiger partial charge in [0.15, 0.2) is 0 Å². The first-order valence-electron chi connectivity index (χ1n) is 8.85. The van der Waals surface area contributed by atoms with Crippen LogP contribution in [0.3, 0.4) is 0 Å². The number of carbonyl (C=O) groups is 1. The number of aromatic nitrogens is 1. The van der Waals surface area contributed by atoms with Crippen LogP contribution >= 0.6 is 0 Å². The molecule has 0 atom stereocenters. The minimum absolute atomic E-state index is 0.00627. The number of hydrogen-bond acceptors (Lipinski definition) is 2. The van der Waals surface area contributed by atoms with Crippen molar-refractivity contribution in [1.29, 1.82) is 0 Å². The molecule has 1 N–H and O–H groups in total. The lowest BCUT2D eigenvalue weighted by atomic mass is 10.1. The number of fused-ring (bicyclic) bond motifs is 1. The normalized spacial score (nSPS) is 10.8. The fourth-order valence-corrected chi connectivity index (χ4v) is 3.17. The fraction of sp³-hybridized carbons (Fsp3) is 0.0435. The highest BCUT2D eigenvalue weighted by Gasteiger charge is 2.14. The van der Waals surface area contributed by atoms with Gasteiger partial charge in [-0.3, -0.25) is 9.59 Å². The number of pyridine rings is 1. The van der Waals surface area contributed by atoms with Crippen molar-refractivity contribution in [3.63, 3.8) is 0 Å². The Balaban J connectivity index is 1.65. The van der Waals surface area contributed by atoms with E-state index in [1.165, 1.54) is 16.7 Å². The Morgan fingerprint density at radius 3 is 2.50 bits per heavy atom. The molecule has 1 amide bonds. The highest BCUT2D eigenvalue weighted by atomic mass is 19.1. The predicted molar refractivity (Wildman–Crippen MR) is 108 cm³/mol. The van der Waals surface area contributed by atoms with Crippen LogP contribution in [0.5, 0.6) is 0 Å². The summed E-state index contributed by atoms with van der Waals surface area (Å²) in [5, 5.41) is 4.70. The fourth-order valence-electron chi connectivity index (χ4n) is 3.17. The van der Waals surface area contributed by atoms with E-state index in [9.17, 15) is 14.0 Å². The number of carbonyl (C=O) groups excluding carboxylic acids is 1. The quantitative estimate of drug-likeness (QED) is 0.576. The van der Waals surface area contributed by atoms with Crippen LogP contribution in [0.1, 0.15) is 15.9 Å². The molecule has 0 aliphatic carbocycles. The van der Waals surface area contributed by atoms with Crippen molar-refractivity contribution in [2.24, 2.45) is 0 Å². The molecule has 5 heteroatoms. The topological polar surface area (TPSA) is 51.1 Å². The Morgan fingerprint density at radius 2 is 1.64 bits per heavy atom. The summed E-state index contributed by atoms with van der Waals surface area (Å²) in [6.07, 6.45) is 1.55. The molecular formula is C23H17FN2O2. The third kappa shape index (κ3) is 3.42. The molecule has 28 heavy (non-hydrogen) atoms. The second-order valence-corrected chi connectivity index (χ2v) is 6.43. The van der Waals surface area contributed by atoms with Crippen molar-refractivity contribution in [3.8, 4) is 0 Å². The van der Waals surface area contributed by atoms with E-state index in [2.05, 4.69) is 5.32 Å². The molecule has 0 radical (unpaired) electrons. The average molecular weight is 372 g/mol. The van der Waals surface area contributed by atoms with Gasteiger partial charge in [-0.15, -0.1) is 0 Å². The molecule has 0 bridgehead atoms. The van der Waals surface area contributed by atoms with Crippen LogP contribution in [-0.4, -0.2) is 10.5 Å². The van der Waals surface area contributed by atoms with Gasteiger partial charge in [0.05, 0.1) is 6.54 Å². The zero-order chi connectivity index (χ0) is 19.5. The van der Waals surface area contributed by atoms with Crippen molar-refractivity contribution in [2.75, 3.05) is 5.32 Å². The smallest absolute Gasteiger partial charge is 0.263 e. The molecule has 4 rings (SSSR count). The first-order chi connectivity index (χ1) is 13.6. The van der Waals surface area contributed by atoms with Gasteiger partial charge in [0.2, 0.25) is 0 Å². The lowest BCUT2D eigenvalue weighted by Crippen LogP contribution is -2.29. The molecule has 0 saturated heterocycles. The number of hydrogen-bond donors (Lipinski definition) is 1. The van der Waals surface area contributed by atoms with Crippen molar-refractivity contribution in [3.05, 3.63) is 112 Å². The molecule has 0 spiro atoms.